The molecular formula is C22H27N7. The Morgan fingerprint density at radius 1 is 0.897 bits per heavy atom. The van der Waals surface area contributed by atoms with Crippen molar-refractivity contribution in [1.29, 1.82) is 0 Å². The first-order chi connectivity index (χ1) is 14.1. The third-order valence-corrected chi connectivity index (χ3v) is 5.32. The smallest absolute Gasteiger partial charge is 0.232 e. The molecule has 0 amide bonds. The topological polar surface area (TPSA) is 83.2 Å². The summed E-state index contributed by atoms with van der Waals surface area (Å²) in [6.45, 7) is 8.73. The predicted molar refractivity (Wildman–Crippen MR) is 117 cm³/mol. The molecule has 3 N–H and O–H groups in total. The monoisotopic (exact) mass is 389 g/mol. The van der Waals surface area contributed by atoms with E-state index >= 15 is 0 Å². The van der Waals surface area contributed by atoms with E-state index in [-0.39, 0.29) is 5.95 Å². The average Bonchev–Trinajstić information content (AvgIpc) is 2.72. The van der Waals surface area contributed by atoms with Crippen molar-refractivity contribution >= 4 is 23.3 Å². The number of aryl methyl sites for hydroxylation is 2. The van der Waals surface area contributed by atoms with Gasteiger partial charge in [-0.2, -0.15) is 15.0 Å². The van der Waals surface area contributed by atoms with Crippen LogP contribution in [0.3, 0.4) is 0 Å². The molecule has 4 rings (SSSR count). The maximum absolute atomic E-state index is 5.94. The number of anilines is 4. The summed E-state index contributed by atoms with van der Waals surface area (Å²) in [7, 11) is 0. The van der Waals surface area contributed by atoms with Crippen LogP contribution in [-0.4, -0.2) is 46.0 Å². The molecule has 0 saturated carbocycles. The summed E-state index contributed by atoms with van der Waals surface area (Å²) in [6.07, 6.45) is 0. The summed E-state index contributed by atoms with van der Waals surface area (Å²) in [5.41, 5.74) is 10.6. The molecule has 3 aromatic rings. The highest BCUT2D eigenvalue weighted by atomic mass is 15.3. The molecule has 0 unspecified atom stereocenters. The van der Waals surface area contributed by atoms with Crippen LogP contribution >= 0.6 is 0 Å². The van der Waals surface area contributed by atoms with Crippen molar-refractivity contribution in [2.75, 3.05) is 42.1 Å². The molecule has 7 heteroatoms. The summed E-state index contributed by atoms with van der Waals surface area (Å²) in [5, 5.41) is 3.25. The summed E-state index contributed by atoms with van der Waals surface area (Å²) in [4.78, 5) is 17.9. The molecule has 1 aliphatic rings. The fraction of sp³-hybridized carbons (Fsp3) is 0.318. The molecule has 2 heterocycles. The summed E-state index contributed by atoms with van der Waals surface area (Å²) in [6, 6.07) is 16.7. The van der Waals surface area contributed by atoms with Gasteiger partial charge < -0.3 is 16.0 Å². The van der Waals surface area contributed by atoms with Gasteiger partial charge >= 0.3 is 0 Å². The maximum atomic E-state index is 5.94. The predicted octanol–water partition coefficient (Wildman–Crippen LogP) is 3.14. The minimum Gasteiger partial charge on any atom is -0.369 e. The van der Waals surface area contributed by atoms with E-state index in [9.17, 15) is 0 Å². The van der Waals surface area contributed by atoms with Gasteiger partial charge in [0.15, 0.2) is 0 Å². The van der Waals surface area contributed by atoms with Crippen LogP contribution in [-0.2, 0) is 6.54 Å². The quantitative estimate of drug-likeness (QED) is 0.693. The molecule has 0 aliphatic carbocycles. The van der Waals surface area contributed by atoms with Crippen molar-refractivity contribution in [3.05, 3.63) is 65.5 Å². The summed E-state index contributed by atoms with van der Waals surface area (Å²) in [5.74, 6) is 1.42. The second-order valence-corrected chi connectivity index (χ2v) is 7.46. The molecule has 0 spiro atoms. The van der Waals surface area contributed by atoms with E-state index in [1.807, 2.05) is 6.07 Å². The standard InChI is InChI=1S/C22H27N7/c1-16-8-9-18(14-17(16)2)24-22-26-20(25-21(23)27-22)15-28-10-12-29(13-11-28)19-6-4-3-5-7-19/h3-9,14H,10-13,15H2,1-2H3,(H3,23,24,25,26,27). The van der Waals surface area contributed by atoms with E-state index in [1.54, 1.807) is 0 Å². The highest BCUT2D eigenvalue weighted by Crippen LogP contribution is 2.19. The molecule has 0 bridgehead atoms. The fourth-order valence-corrected chi connectivity index (χ4v) is 3.52. The number of hydrogen-bond acceptors (Lipinski definition) is 7. The molecule has 1 aromatic heterocycles. The Morgan fingerprint density at radius 2 is 1.66 bits per heavy atom. The van der Waals surface area contributed by atoms with E-state index in [0.29, 0.717) is 18.3 Å². The zero-order chi connectivity index (χ0) is 20.2. The molecule has 1 fully saturated rings. The Bertz CT molecular complexity index is 966. The Balaban J connectivity index is 1.40. The van der Waals surface area contributed by atoms with Gasteiger partial charge in [-0.1, -0.05) is 24.3 Å². The van der Waals surface area contributed by atoms with Gasteiger partial charge in [-0.05, 0) is 49.2 Å². The van der Waals surface area contributed by atoms with E-state index < -0.39 is 0 Å². The zero-order valence-electron chi connectivity index (χ0n) is 17.0. The first-order valence-electron chi connectivity index (χ1n) is 9.94. The molecular weight excluding hydrogens is 362 g/mol. The minimum absolute atomic E-state index is 0.240. The van der Waals surface area contributed by atoms with Crippen molar-refractivity contribution < 1.29 is 0 Å². The second kappa shape index (κ2) is 8.45. The lowest BCUT2D eigenvalue weighted by molar-refractivity contribution is 0.244. The summed E-state index contributed by atoms with van der Waals surface area (Å²) >= 11 is 0. The molecule has 0 atom stereocenters. The maximum Gasteiger partial charge on any atom is 0.232 e. The van der Waals surface area contributed by atoms with Crippen LogP contribution in [0.25, 0.3) is 0 Å². The Labute approximate surface area is 171 Å². The van der Waals surface area contributed by atoms with Crippen LogP contribution in [0.1, 0.15) is 17.0 Å². The van der Waals surface area contributed by atoms with E-state index in [2.05, 4.69) is 86.4 Å². The van der Waals surface area contributed by atoms with Crippen molar-refractivity contribution in [3.8, 4) is 0 Å². The molecule has 1 saturated heterocycles. The van der Waals surface area contributed by atoms with Crippen LogP contribution in [0, 0.1) is 13.8 Å². The number of para-hydroxylation sites is 1. The number of nitrogen functional groups attached to an aromatic ring is 1. The van der Waals surface area contributed by atoms with Crippen LogP contribution in [0.15, 0.2) is 48.5 Å². The zero-order valence-corrected chi connectivity index (χ0v) is 17.0. The number of nitrogens with two attached hydrogens (primary N) is 1. The first kappa shape index (κ1) is 19.1. The molecule has 1 aliphatic heterocycles. The van der Waals surface area contributed by atoms with Gasteiger partial charge in [-0.15, -0.1) is 0 Å². The van der Waals surface area contributed by atoms with Crippen molar-refractivity contribution in [2.45, 2.75) is 20.4 Å². The largest absolute Gasteiger partial charge is 0.369 e. The number of piperazine rings is 1. The number of nitrogens with zero attached hydrogens (tertiary/aromatic N) is 5. The SMILES string of the molecule is Cc1ccc(Nc2nc(N)nc(CN3CCN(c4ccccc4)CC3)n2)cc1C. The van der Waals surface area contributed by atoms with Crippen LogP contribution in [0.2, 0.25) is 0 Å². The van der Waals surface area contributed by atoms with Crippen molar-refractivity contribution in [3.63, 3.8) is 0 Å². The Morgan fingerprint density at radius 3 is 2.38 bits per heavy atom. The van der Waals surface area contributed by atoms with Gasteiger partial charge in [-0.25, -0.2) is 0 Å². The number of rotatable bonds is 5. The Kier molecular flexibility index (Phi) is 5.57. The fourth-order valence-electron chi connectivity index (χ4n) is 3.52. The number of benzene rings is 2. The Hall–Kier alpha value is -3.19. The van der Waals surface area contributed by atoms with Crippen LogP contribution < -0.4 is 16.0 Å². The first-order valence-corrected chi connectivity index (χ1v) is 9.94. The van der Waals surface area contributed by atoms with Crippen LogP contribution in [0.4, 0.5) is 23.3 Å². The highest BCUT2D eigenvalue weighted by molar-refractivity contribution is 5.56. The van der Waals surface area contributed by atoms with Gasteiger partial charge in [-0.3, -0.25) is 4.90 Å². The number of hydrogen-bond donors (Lipinski definition) is 2. The lowest BCUT2D eigenvalue weighted by Crippen LogP contribution is -2.46. The van der Waals surface area contributed by atoms with Gasteiger partial charge in [0.05, 0.1) is 6.54 Å². The van der Waals surface area contributed by atoms with Gasteiger partial charge in [0.2, 0.25) is 11.9 Å². The van der Waals surface area contributed by atoms with E-state index in [4.69, 9.17) is 5.73 Å². The van der Waals surface area contributed by atoms with Crippen LogP contribution in [0.5, 0.6) is 0 Å². The van der Waals surface area contributed by atoms with Gasteiger partial charge in [0, 0.05) is 37.6 Å². The average molecular weight is 390 g/mol. The lowest BCUT2D eigenvalue weighted by Gasteiger charge is -2.35. The van der Waals surface area contributed by atoms with Crippen molar-refractivity contribution in [2.24, 2.45) is 0 Å². The molecule has 2 aromatic carbocycles. The third kappa shape index (κ3) is 4.81. The van der Waals surface area contributed by atoms with Gasteiger partial charge in [0.1, 0.15) is 5.82 Å². The van der Waals surface area contributed by atoms with E-state index in [1.165, 1.54) is 16.8 Å². The van der Waals surface area contributed by atoms with E-state index in [0.717, 1.165) is 31.9 Å². The highest BCUT2D eigenvalue weighted by Gasteiger charge is 2.18. The molecule has 150 valence electrons. The molecule has 0 radical (unpaired) electrons. The molecule has 29 heavy (non-hydrogen) atoms. The molecule has 7 nitrogen and oxygen atoms in total. The number of aromatic nitrogens is 3. The number of nitrogens with one attached hydrogen (secondary N) is 1. The summed E-state index contributed by atoms with van der Waals surface area (Å²) < 4.78 is 0. The lowest BCUT2D eigenvalue weighted by atomic mass is 10.1. The second-order valence-electron chi connectivity index (χ2n) is 7.46. The third-order valence-electron chi connectivity index (χ3n) is 5.32. The van der Waals surface area contributed by atoms with Gasteiger partial charge in [0.25, 0.3) is 0 Å². The normalized spacial score (nSPS) is 14.8. The van der Waals surface area contributed by atoms with Crippen molar-refractivity contribution in [1.82, 2.24) is 19.9 Å². The minimum atomic E-state index is 0.240.